The van der Waals surface area contributed by atoms with Crippen LogP contribution in [0.15, 0.2) is 6.07 Å². The summed E-state index contributed by atoms with van der Waals surface area (Å²) >= 11 is 0. The van der Waals surface area contributed by atoms with E-state index in [1.165, 1.54) is 0 Å². The van der Waals surface area contributed by atoms with Gasteiger partial charge in [-0.1, -0.05) is 6.92 Å². The van der Waals surface area contributed by atoms with Gasteiger partial charge in [0.2, 0.25) is 0 Å². The molecule has 0 atom stereocenters. The molecule has 0 aliphatic rings. The lowest BCUT2D eigenvalue weighted by atomic mass is 10.2. The molecule has 1 heterocycles. The van der Waals surface area contributed by atoms with E-state index in [9.17, 15) is 0 Å². The van der Waals surface area contributed by atoms with Gasteiger partial charge in [0.1, 0.15) is 17.4 Å². The second-order valence-corrected chi connectivity index (χ2v) is 3.18. The highest BCUT2D eigenvalue weighted by Crippen LogP contribution is 2.21. The number of pyridine rings is 1. The molecule has 1 aromatic heterocycles. The van der Waals surface area contributed by atoms with Crippen molar-refractivity contribution in [2.45, 2.75) is 27.2 Å². The minimum Gasteiger partial charge on any atom is -0.492 e. The van der Waals surface area contributed by atoms with Gasteiger partial charge in [-0.2, -0.15) is 5.26 Å². The Morgan fingerprint density at radius 3 is 2.79 bits per heavy atom. The van der Waals surface area contributed by atoms with E-state index in [2.05, 4.69) is 11.1 Å². The van der Waals surface area contributed by atoms with Crippen LogP contribution in [-0.2, 0) is 0 Å². The molecule has 0 amide bonds. The number of aryl methyl sites for hydroxylation is 2. The van der Waals surface area contributed by atoms with Crippen molar-refractivity contribution >= 4 is 0 Å². The maximum atomic E-state index is 8.92. The van der Waals surface area contributed by atoms with Gasteiger partial charge in [-0.3, -0.25) is 4.98 Å². The summed E-state index contributed by atoms with van der Waals surface area (Å²) in [4.78, 5) is 4.21. The second kappa shape index (κ2) is 4.61. The van der Waals surface area contributed by atoms with Crippen LogP contribution in [0.2, 0.25) is 0 Å². The Balaban J connectivity index is 3.07. The highest BCUT2D eigenvalue weighted by Gasteiger charge is 2.08. The summed E-state index contributed by atoms with van der Waals surface area (Å²) in [5.41, 5.74) is 2.16. The predicted octanol–water partition coefficient (Wildman–Crippen LogP) is 2.36. The van der Waals surface area contributed by atoms with Crippen LogP contribution in [-0.4, -0.2) is 11.6 Å². The number of hydrogen-bond donors (Lipinski definition) is 0. The van der Waals surface area contributed by atoms with Crippen LogP contribution in [0.5, 0.6) is 5.75 Å². The largest absolute Gasteiger partial charge is 0.492 e. The van der Waals surface area contributed by atoms with Crippen LogP contribution in [0.25, 0.3) is 0 Å². The van der Waals surface area contributed by atoms with Crippen molar-refractivity contribution < 1.29 is 4.74 Å². The molecule has 0 radical (unpaired) electrons. The lowest BCUT2D eigenvalue weighted by Crippen LogP contribution is -2.01. The summed E-state index contributed by atoms with van der Waals surface area (Å²) in [6, 6.07) is 3.92. The Labute approximate surface area is 84.3 Å². The van der Waals surface area contributed by atoms with E-state index in [4.69, 9.17) is 10.00 Å². The molecular formula is C11H14N2O. The van der Waals surface area contributed by atoms with Gasteiger partial charge < -0.3 is 4.74 Å². The maximum absolute atomic E-state index is 8.92. The van der Waals surface area contributed by atoms with Crippen LogP contribution in [0.3, 0.4) is 0 Å². The first-order valence-corrected chi connectivity index (χ1v) is 4.70. The zero-order chi connectivity index (χ0) is 10.6. The van der Waals surface area contributed by atoms with Crippen LogP contribution >= 0.6 is 0 Å². The van der Waals surface area contributed by atoms with Crippen LogP contribution in [0, 0.1) is 25.2 Å². The average molecular weight is 190 g/mol. The predicted molar refractivity (Wildman–Crippen MR) is 54.2 cm³/mol. The molecule has 0 unspecified atom stereocenters. The first kappa shape index (κ1) is 10.5. The topological polar surface area (TPSA) is 45.9 Å². The molecular weight excluding hydrogens is 176 g/mol. The second-order valence-electron chi connectivity index (χ2n) is 3.18. The van der Waals surface area contributed by atoms with Gasteiger partial charge in [0.15, 0.2) is 0 Å². The third-order valence-electron chi connectivity index (χ3n) is 1.87. The quantitative estimate of drug-likeness (QED) is 0.735. The maximum Gasteiger partial charge on any atom is 0.140 e. The molecule has 0 aliphatic carbocycles. The average Bonchev–Trinajstić information content (AvgIpc) is 2.14. The highest BCUT2D eigenvalue weighted by atomic mass is 16.5. The fraction of sp³-hybridized carbons (Fsp3) is 0.455. The van der Waals surface area contributed by atoms with E-state index < -0.39 is 0 Å². The van der Waals surface area contributed by atoms with Crippen molar-refractivity contribution in [3.63, 3.8) is 0 Å². The van der Waals surface area contributed by atoms with Crippen LogP contribution in [0.1, 0.15) is 30.3 Å². The van der Waals surface area contributed by atoms with Crippen molar-refractivity contribution in [3.05, 3.63) is 23.0 Å². The van der Waals surface area contributed by atoms with E-state index in [1.807, 2.05) is 20.8 Å². The van der Waals surface area contributed by atoms with Gasteiger partial charge in [-0.25, -0.2) is 0 Å². The van der Waals surface area contributed by atoms with Crippen LogP contribution < -0.4 is 4.74 Å². The SMILES string of the molecule is CCCOc1cc(C)nc(C)c1C#N. The minimum absolute atomic E-state index is 0.545. The lowest BCUT2D eigenvalue weighted by Gasteiger charge is -2.08. The van der Waals surface area contributed by atoms with E-state index >= 15 is 0 Å². The molecule has 14 heavy (non-hydrogen) atoms. The van der Waals surface area contributed by atoms with Crippen molar-refractivity contribution in [2.75, 3.05) is 6.61 Å². The number of hydrogen-bond acceptors (Lipinski definition) is 3. The van der Waals surface area contributed by atoms with Gasteiger partial charge in [-0.05, 0) is 20.3 Å². The Bertz CT molecular complexity index is 366. The number of nitriles is 1. The molecule has 0 saturated heterocycles. The zero-order valence-electron chi connectivity index (χ0n) is 8.79. The summed E-state index contributed by atoms with van der Waals surface area (Å²) in [5, 5.41) is 8.92. The van der Waals surface area contributed by atoms with Gasteiger partial charge in [-0.15, -0.1) is 0 Å². The number of nitrogens with zero attached hydrogens (tertiary/aromatic N) is 2. The third-order valence-corrected chi connectivity index (χ3v) is 1.87. The van der Waals surface area contributed by atoms with E-state index in [-0.39, 0.29) is 0 Å². The number of rotatable bonds is 3. The molecule has 0 aromatic carbocycles. The Morgan fingerprint density at radius 2 is 2.21 bits per heavy atom. The molecule has 0 aliphatic heterocycles. The Morgan fingerprint density at radius 1 is 1.50 bits per heavy atom. The summed E-state index contributed by atoms with van der Waals surface area (Å²) in [5.74, 6) is 0.652. The number of aromatic nitrogens is 1. The van der Waals surface area contributed by atoms with Crippen molar-refractivity contribution in [2.24, 2.45) is 0 Å². The van der Waals surface area contributed by atoms with Gasteiger partial charge in [0, 0.05) is 11.8 Å². The number of ether oxygens (including phenoxy) is 1. The molecule has 1 rings (SSSR count). The summed E-state index contributed by atoms with van der Waals surface area (Å²) < 4.78 is 5.48. The molecule has 0 N–H and O–H groups in total. The van der Waals surface area contributed by atoms with Gasteiger partial charge >= 0.3 is 0 Å². The monoisotopic (exact) mass is 190 g/mol. The van der Waals surface area contributed by atoms with Gasteiger partial charge in [0.05, 0.1) is 12.3 Å². The fourth-order valence-corrected chi connectivity index (χ4v) is 1.25. The van der Waals surface area contributed by atoms with E-state index in [1.54, 1.807) is 6.07 Å². The molecule has 3 heteroatoms. The van der Waals surface area contributed by atoms with Crippen molar-refractivity contribution in [1.29, 1.82) is 5.26 Å². The summed E-state index contributed by atoms with van der Waals surface area (Å²) in [6.45, 7) is 6.39. The first-order valence-electron chi connectivity index (χ1n) is 4.70. The molecule has 0 saturated carbocycles. The fourth-order valence-electron chi connectivity index (χ4n) is 1.25. The first-order chi connectivity index (χ1) is 6.69. The smallest absolute Gasteiger partial charge is 0.140 e. The third kappa shape index (κ3) is 2.23. The molecule has 74 valence electrons. The normalized spacial score (nSPS) is 9.57. The Kier molecular flexibility index (Phi) is 3.47. The molecule has 0 bridgehead atoms. The minimum atomic E-state index is 0.545. The van der Waals surface area contributed by atoms with Crippen molar-refractivity contribution in [1.82, 2.24) is 4.98 Å². The molecule has 1 aromatic rings. The zero-order valence-corrected chi connectivity index (χ0v) is 8.79. The molecule has 3 nitrogen and oxygen atoms in total. The standard InChI is InChI=1S/C11H14N2O/c1-4-5-14-11-6-8(2)13-9(3)10(11)7-12/h6H,4-5H2,1-3H3. The summed E-state index contributed by atoms with van der Waals surface area (Å²) in [7, 11) is 0. The Hall–Kier alpha value is -1.56. The van der Waals surface area contributed by atoms with Crippen molar-refractivity contribution in [3.8, 4) is 11.8 Å². The lowest BCUT2D eigenvalue weighted by molar-refractivity contribution is 0.315. The van der Waals surface area contributed by atoms with Crippen LogP contribution in [0.4, 0.5) is 0 Å². The molecule has 0 fully saturated rings. The highest BCUT2D eigenvalue weighted by molar-refractivity contribution is 5.46. The van der Waals surface area contributed by atoms with Gasteiger partial charge in [0.25, 0.3) is 0 Å². The van der Waals surface area contributed by atoms with E-state index in [0.717, 1.165) is 17.8 Å². The molecule has 0 spiro atoms. The summed E-state index contributed by atoms with van der Waals surface area (Å²) in [6.07, 6.45) is 0.936. The van der Waals surface area contributed by atoms with E-state index in [0.29, 0.717) is 17.9 Å².